The molecular formula is C29H23F2N7O3. The number of imide groups is 1. The lowest BCUT2D eigenvalue weighted by atomic mass is 9.90. The van der Waals surface area contributed by atoms with E-state index in [1.165, 1.54) is 6.20 Å². The summed E-state index contributed by atoms with van der Waals surface area (Å²) in [4.78, 5) is 48.0. The van der Waals surface area contributed by atoms with Crippen LogP contribution in [-0.2, 0) is 4.79 Å². The average molecular weight is 556 g/mol. The molecule has 7 rings (SSSR count). The van der Waals surface area contributed by atoms with Crippen LogP contribution in [0.3, 0.4) is 0 Å². The summed E-state index contributed by atoms with van der Waals surface area (Å²) in [6, 6.07) is 6.63. The van der Waals surface area contributed by atoms with Crippen LogP contribution in [0.25, 0.3) is 27.8 Å². The summed E-state index contributed by atoms with van der Waals surface area (Å²) in [5.41, 5.74) is 3.17. The maximum absolute atomic E-state index is 16.2. The van der Waals surface area contributed by atoms with Crippen molar-refractivity contribution in [3.05, 3.63) is 77.1 Å². The number of hydrogen-bond donors (Lipinski definition) is 2. The molecule has 3 amide bonds. The lowest BCUT2D eigenvalue weighted by molar-refractivity contribution is -0.117. The molecule has 10 nitrogen and oxygen atoms in total. The Kier molecular flexibility index (Phi) is 5.50. The Morgan fingerprint density at radius 3 is 2.56 bits per heavy atom. The van der Waals surface area contributed by atoms with E-state index in [0.29, 0.717) is 50.1 Å². The van der Waals surface area contributed by atoms with E-state index in [-0.39, 0.29) is 18.8 Å². The minimum Gasteiger partial charge on any atom is -0.309 e. The van der Waals surface area contributed by atoms with E-state index >= 15 is 4.39 Å². The molecule has 2 aliphatic rings. The second-order valence-corrected chi connectivity index (χ2v) is 10.6. The summed E-state index contributed by atoms with van der Waals surface area (Å²) in [5.74, 6) is -2.64. The van der Waals surface area contributed by atoms with Gasteiger partial charge < -0.3 is 9.72 Å². The molecule has 3 unspecified atom stereocenters. The van der Waals surface area contributed by atoms with Gasteiger partial charge in [-0.25, -0.2) is 13.8 Å². The first-order chi connectivity index (χ1) is 19.7. The molecule has 1 aliphatic carbocycles. The van der Waals surface area contributed by atoms with Crippen LogP contribution in [0.2, 0.25) is 0 Å². The molecular weight excluding hydrogens is 532 g/mol. The zero-order valence-corrected chi connectivity index (χ0v) is 22.0. The zero-order valence-electron chi connectivity index (χ0n) is 22.0. The molecule has 1 fully saturated rings. The van der Waals surface area contributed by atoms with Crippen molar-refractivity contribution >= 4 is 40.1 Å². The number of amides is 3. The number of imidazole rings is 1. The van der Waals surface area contributed by atoms with Gasteiger partial charge in [0.25, 0.3) is 11.8 Å². The molecule has 3 aromatic heterocycles. The van der Waals surface area contributed by atoms with Crippen LogP contribution >= 0.6 is 0 Å². The fourth-order valence-electron chi connectivity index (χ4n) is 5.61. The fourth-order valence-corrected chi connectivity index (χ4v) is 5.61. The number of fused-ring (bicyclic) bond motifs is 3. The predicted molar refractivity (Wildman–Crippen MR) is 145 cm³/mol. The van der Waals surface area contributed by atoms with Gasteiger partial charge in [0.1, 0.15) is 12.0 Å². The molecule has 2 aromatic carbocycles. The van der Waals surface area contributed by atoms with Gasteiger partial charge in [0.15, 0.2) is 11.5 Å². The second-order valence-electron chi connectivity index (χ2n) is 10.6. The topological polar surface area (TPSA) is 125 Å². The van der Waals surface area contributed by atoms with Crippen LogP contribution in [0, 0.1) is 18.7 Å². The summed E-state index contributed by atoms with van der Waals surface area (Å²) in [7, 11) is 0. The van der Waals surface area contributed by atoms with E-state index in [1.807, 2.05) is 0 Å². The van der Waals surface area contributed by atoms with Crippen molar-refractivity contribution in [2.45, 2.75) is 32.4 Å². The largest absolute Gasteiger partial charge is 0.309 e. The fraction of sp³-hybridized carbons (Fsp3) is 0.241. The molecule has 12 heteroatoms. The molecule has 206 valence electrons. The minimum absolute atomic E-state index is 0.00603. The van der Waals surface area contributed by atoms with Crippen molar-refractivity contribution in [3.63, 3.8) is 0 Å². The first-order valence-electron chi connectivity index (χ1n) is 13.1. The van der Waals surface area contributed by atoms with E-state index in [2.05, 4.69) is 25.5 Å². The molecule has 2 N–H and O–H groups in total. The lowest BCUT2D eigenvalue weighted by Crippen LogP contribution is -2.33. The summed E-state index contributed by atoms with van der Waals surface area (Å²) >= 11 is 0. The number of anilines is 1. The Morgan fingerprint density at radius 2 is 1.88 bits per heavy atom. The smallest absolute Gasteiger partial charge is 0.261 e. The monoisotopic (exact) mass is 555 g/mol. The quantitative estimate of drug-likeness (QED) is 0.299. The predicted octanol–water partition coefficient (Wildman–Crippen LogP) is 4.42. The van der Waals surface area contributed by atoms with Gasteiger partial charge in [-0.1, -0.05) is 19.1 Å². The van der Waals surface area contributed by atoms with Crippen LogP contribution in [0.4, 0.5) is 14.6 Å². The highest BCUT2D eigenvalue weighted by molar-refractivity contribution is 6.21. The summed E-state index contributed by atoms with van der Waals surface area (Å²) in [5, 5.41) is 10.3. The van der Waals surface area contributed by atoms with E-state index < -0.39 is 41.5 Å². The number of halogens is 2. The summed E-state index contributed by atoms with van der Waals surface area (Å²) in [6.45, 7) is 3.40. The Hall–Kier alpha value is -5.00. The number of H-pyrrole nitrogens is 1. The molecule has 5 aromatic rings. The Labute approximate surface area is 231 Å². The van der Waals surface area contributed by atoms with Gasteiger partial charge in [0.05, 0.1) is 46.8 Å². The van der Waals surface area contributed by atoms with Gasteiger partial charge in [0, 0.05) is 35.2 Å². The Bertz CT molecular complexity index is 1900. The van der Waals surface area contributed by atoms with Gasteiger partial charge in [-0.2, -0.15) is 5.10 Å². The Balaban J connectivity index is 1.23. The number of nitrogens with zero attached hydrogens (tertiary/aromatic N) is 5. The molecule has 3 atom stereocenters. The van der Waals surface area contributed by atoms with Crippen LogP contribution < -0.4 is 5.32 Å². The van der Waals surface area contributed by atoms with Crippen LogP contribution in [0.15, 0.2) is 49.1 Å². The number of aromatic nitrogens is 5. The molecule has 1 saturated carbocycles. The van der Waals surface area contributed by atoms with Crippen molar-refractivity contribution < 1.29 is 23.2 Å². The van der Waals surface area contributed by atoms with Crippen molar-refractivity contribution in [1.29, 1.82) is 0 Å². The molecule has 0 radical (unpaired) electrons. The van der Waals surface area contributed by atoms with Gasteiger partial charge in [-0.15, -0.1) is 0 Å². The van der Waals surface area contributed by atoms with Crippen LogP contribution in [0.1, 0.15) is 51.1 Å². The van der Waals surface area contributed by atoms with Gasteiger partial charge in [-0.05, 0) is 31.0 Å². The number of hydrogen-bond acceptors (Lipinski definition) is 6. The van der Waals surface area contributed by atoms with Gasteiger partial charge in [0.2, 0.25) is 5.91 Å². The molecule has 41 heavy (non-hydrogen) atoms. The van der Waals surface area contributed by atoms with E-state index in [4.69, 9.17) is 0 Å². The van der Waals surface area contributed by atoms with Crippen molar-refractivity contribution in [2.75, 3.05) is 11.9 Å². The Morgan fingerprint density at radius 1 is 1.17 bits per heavy atom. The number of aromatic amines is 1. The van der Waals surface area contributed by atoms with Gasteiger partial charge >= 0.3 is 0 Å². The number of alkyl halides is 1. The molecule has 0 bridgehead atoms. The normalized spacial score (nSPS) is 18.8. The van der Waals surface area contributed by atoms with Crippen molar-refractivity contribution in [3.8, 4) is 11.3 Å². The van der Waals surface area contributed by atoms with E-state index in [0.717, 1.165) is 4.90 Å². The molecule has 1 aliphatic heterocycles. The lowest BCUT2D eigenvalue weighted by Gasteiger charge is -2.22. The van der Waals surface area contributed by atoms with Crippen LogP contribution in [-0.4, -0.2) is 59.9 Å². The first-order valence-corrected chi connectivity index (χ1v) is 13.1. The maximum atomic E-state index is 16.2. The summed E-state index contributed by atoms with van der Waals surface area (Å²) in [6.07, 6.45) is 5.44. The summed E-state index contributed by atoms with van der Waals surface area (Å²) < 4.78 is 31.1. The third-order valence-corrected chi connectivity index (χ3v) is 7.84. The highest BCUT2D eigenvalue weighted by Gasteiger charge is 2.44. The molecule has 0 spiro atoms. The molecule has 0 saturated heterocycles. The highest BCUT2D eigenvalue weighted by atomic mass is 19.1. The van der Waals surface area contributed by atoms with Gasteiger partial charge in [-0.3, -0.25) is 29.4 Å². The number of benzene rings is 2. The number of nitrogens with one attached hydrogen (secondary N) is 2. The highest BCUT2D eigenvalue weighted by Crippen LogP contribution is 2.39. The average Bonchev–Trinajstić information content (AvgIpc) is 3.23. The second kappa shape index (κ2) is 9.01. The minimum atomic E-state index is -1.12. The molecule has 4 heterocycles. The van der Waals surface area contributed by atoms with Crippen LogP contribution in [0.5, 0.6) is 0 Å². The number of rotatable bonds is 6. The SMILES string of the molecule is Cc1c(F)c(C(C)CN2C(=O)c3ccccc3C2=O)c2[nH]ncc2c1-c1cn2cc(NC(=O)C3CC3F)nc2cn1. The van der Waals surface area contributed by atoms with E-state index in [1.54, 1.807) is 61.1 Å². The van der Waals surface area contributed by atoms with Crippen molar-refractivity contribution in [1.82, 2.24) is 29.5 Å². The maximum Gasteiger partial charge on any atom is 0.261 e. The standard InChI is InChI=1S/C29H23F2N7O3/c1-13(10-38-28(40)15-5-3-4-6-16(15)29(38)41)23-25(31)14(2)24(18-8-33-36-26(18)23)20-11-37-12-21(34-22(37)9-32-20)35-27(39)17-7-19(17)30/h3-6,8-9,11-13,17,19H,7,10H2,1-2H3,(H,33,36)(H,35,39). The third-order valence-electron chi connectivity index (χ3n) is 7.84. The number of carbonyl (C=O) groups is 3. The first kappa shape index (κ1) is 25.0. The third kappa shape index (κ3) is 3.89. The zero-order chi connectivity index (χ0) is 28.6. The van der Waals surface area contributed by atoms with E-state index in [9.17, 15) is 18.8 Å². The van der Waals surface area contributed by atoms with Crippen molar-refractivity contribution in [2.24, 2.45) is 5.92 Å². The number of carbonyl (C=O) groups excluding carboxylic acids is 3.